The lowest BCUT2D eigenvalue weighted by Gasteiger charge is -2.26. The Hall–Kier alpha value is -5.36. The molecule has 45 heavy (non-hydrogen) atoms. The minimum atomic E-state index is 0.514. The molecular formula is C40H38N4O. The number of nitrogens with zero attached hydrogens (tertiary/aromatic N) is 2. The second kappa shape index (κ2) is 13.5. The van der Waals surface area contributed by atoms with Gasteiger partial charge >= 0.3 is 0 Å². The Kier molecular flexibility index (Phi) is 8.92. The highest BCUT2D eigenvalue weighted by molar-refractivity contribution is 5.81. The van der Waals surface area contributed by atoms with Crippen LogP contribution in [0, 0.1) is 6.92 Å². The molecule has 6 rings (SSSR count). The Bertz CT molecular complexity index is 1770. The maximum atomic E-state index is 5.87. The maximum Gasteiger partial charge on any atom is 0.119 e. The van der Waals surface area contributed by atoms with Crippen molar-refractivity contribution in [2.24, 2.45) is 11.5 Å². The number of methoxy groups -OCH3 is 1. The molecule has 5 heteroatoms. The van der Waals surface area contributed by atoms with Gasteiger partial charge in [-0.15, -0.1) is 0 Å². The highest BCUT2D eigenvalue weighted by Gasteiger charge is 2.15. The van der Waals surface area contributed by atoms with Gasteiger partial charge in [-0.25, -0.2) is 0 Å². The second-order valence-electron chi connectivity index (χ2n) is 11.0. The largest absolute Gasteiger partial charge is 0.497 e. The summed E-state index contributed by atoms with van der Waals surface area (Å²) in [6, 6.07) is 51.0. The molecule has 0 fully saturated rings. The molecule has 0 aliphatic carbocycles. The van der Waals surface area contributed by atoms with Gasteiger partial charge in [0.1, 0.15) is 5.75 Å². The predicted molar refractivity (Wildman–Crippen MR) is 188 cm³/mol. The van der Waals surface area contributed by atoms with E-state index in [0.29, 0.717) is 13.1 Å². The molecule has 0 aliphatic heterocycles. The van der Waals surface area contributed by atoms with Gasteiger partial charge in [-0.2, -0.15) is 0 Å². The third kappa shape index (κ3) is 6.60. The van der Waals surface area contributed by atoms with E-state index in [1.54, 1.807) is 7.11 Å². The van der Waals surface area contributed by atoms with Crippen molar-refractivity contribution in [3.8, 4) is 16.9 Å². The zero-order valence-electron chi connectivity index (χ0n) is 25.7. The van der Waals surface area contributed by atoms with Crippen molar-refractivity contribution in [1.29, 1.82) is 0 Å². The maximum absolute atomic E-state index is 5.87. The molecule has 0 spiro atoms. The average molecular weight is 591 g/mol. The Morgan fingerprint density at radius 2 is 0.711 bits per heavy atom. The molecule has 0 aromatic heterocycles. The van der Waals surface area contributed by atoms with Gasteiger partial charge in [0, 0.05) is 47.2 Å². The molecule has 0 unspecified atom stereocenters. The molecule has 0 aliphatic rings. The third-order valence-corrected chi connectivity index (χ3v) is 8.07. The fourth-order valence-electron chi connectivity index (χ4n) is 5.49. The van der Waals surface area contributed by atoms with Gasteiger partial charge in [0.25, 0.3) is 0 Å². The molecule has 6 aromatic carbocycles. The molecular weight excluding hydrogens is 552 g/mol. The van der Waals surface area contributed by atoms with Crippen molar-refractivity contribution in [1.82, 2.24) is 0 Å². The highest BCUT2D eigenvalue weighted by atomic mass is 16.5. The standard InChI is InChI=1S/C40H38N4O/c1-29-3-13-34(14-4-29)43(35-15-5-30(27-41)6-16-35)37-19-9-32(10-20-37)33-11-21-38(22-12-33)44(36-17-7-31(28-42)8-18-36)39-23-25-40(45-2)26-24-39/h3-26H,27-28,41-42H2,1-2H3. The summed E-state index contributed by atoms with van der Waals surface area (Å²) >= 11 is 0. The lowest BCUT2D eigenvalue weighted by atomic mass is 10.0. The van der Waals surface area contributed by atoms with Crippen LogP contribution in [-0.4, -0.2) is 7.11 Å². The van der Waals surface area contributed by atoms with E-state index in [-0.39, 0.29) is 0 Å². The summed E-state index contributed by atoms with van der Waals surface area (Å²) in [4.78, 5) is 4.51. The van der Waals surface area contributed by atoms with E-state index < -0.39 is 0 Å². The Morgan fingerprint density at radius 1 is 0.422 bits per heavy atom. The summed E-state index contributed by atoms with van der Waals surface area (Å²) in [6.07, 6.45) is 0. The molecule has 0 radical (unpaired) electrons. The zero-order valence-corrected chi connectivity index (χ0v) is 25.7. The van der Waals surface area contributed by atoms with E-state index in [4.69, 9.17) is 16.2 Å². The topological polar surface area (TPSA) is 67.8 Å². The summed E-state index contributed by atoms with van der Waals surface area (Å²) in [5.74, 6) is 0.824. The number of anilines is 6. The van der Waals surface area contributed by atoms with E-state index in [0.717, 1.165) is 62.1 Å². The minimum Gasteiger partial charge on any atom is -0.497 e. The quantitative estimate of drug-likeness (QED) is 0.166. The number of ether oxygens (including phenoxy) is 1. The van der Waals surface area contributed by atoms with Crippen LogP contribution in [0.4, 0.5) is 34.1 Å². The van der Waals surface area contributed by atoms with Gasteiger partial charge < -0.3 is 26.0 Å². The smallest absolute Gasteiger partial charge is 0.119 e. The van der Waals surface area contributed by atoms with Gasteiger partial charge in [-0.3, -0.25) is 0 Å². The third-order valence-electron chi connectivity index (χ3n) is 8.07. The van der Waals surface area contributed by atoms with Crippen LogP contribution in [0.3, 0.4) is 0 Å². The first-order valence-corrected chi connectivity index (χ1v) is 15.2. The van der Waals surface area contributed by atoms with Crippen molar-refractivity contribution in [2.75, 3.05) is 16.9 Å². The van der Waals surface area contributed by atoms with Gasteiger partial charge in [0.05, 0.1) is 7.11 Å². The van der Waals surface area contributed by atoms with Crippen molar-refractivity contribution in [3.63, 3.8) is 0 Å². The van der Waals surface area contributed by atoms with Crippen LogP contribution in [0.5, 0.6) is 5.75 Å². The van der Waals surface area contributed by atoms with Crippen LogP contribution in [0.25, 0.3) is 11.1 Å². The van der Waals surface area contributed by atoms with Gasteiger partial charge in [0.15, 0.2) is 0 Å². The first-order chi connectivity index (χ1) is 22.1. The second-order valence-corrected chi connectivity index (χ2v) is 11.0. The van der Waals surface area contributed by atoms with Crippen molar-refractivity contribution >= 4 is 34.1 Å². The lowest BCUT2D eigenvalue weighted by Crippen LogP contribution is -2.10. The summed E-state index contributed by atoms with van der Waals surface area (Å²) < 4.78 is 5.40. The van der Waals surface area contributed by atoms with E-state index in [9.17, 15) is 0 Å². The molecule has 0 amide bonds. The minimum absolute atomic E-state index is 0.514. The molecule has 0 bridgehead atoms. The van der Waals surface area contributed by atoms with Crippen LogP contribution in [0.2, 0.25) is 0 Å². The lowest BCUT2D eigenvalue weighted by molar-refractivity contribution is 0.415. The summed E-state index contributed by atoms with van der Waals surface area (Å²) in [5.41, 5.74) is 23.9. The monoisotopic (exact) mass is 590 g/mol. The highest BCUT2D eigenvalue weighted by Crippen LogP contribution is 2.38. The van der Waals surface area contributed by atoms with Crippen LogP contribution in [0.1, 0.15) is 16.7 Å². The average Bonchev–Trinajstić information content (AvgIpc) is 3.11. The van der Waals surface area contributed by atoms with Crippen molar-refractivity contribution < 1.29 is 4.74 Å². The number of hydrogen-bond acceptors (Lipinski definition) is 5. The molecule has 0 heterocycles. The molecule has 224 valence electrons. The van der Waals surface area contributed by atoms with Crippen LogP contribution < -0.4 is 26.0 Å². The van der Waals surface area contributed by atoms with E-state index >= 15 is 0 Å². The van der Waals surface area contributed by atoms with Gasteiger partial charge in [0.2, 0.25) is 0 Å². The first-order valence-electron chi connectivity index (χ1n) is 15.2. The van der Waals surface area contributed by atoms with Crippen LogP contribution in [-0.2, 0) is 13.1 Å². The molecule has 4 N–H and O–H groups in total. The Morgan fingerprint density at radius 3 is 1.02 bits per heavy atom. The molecule has 0 atom stereocenters. The summed E-state index contributed by atoms with van der Waals surface area (Å²) in [5, 5.41) is 0. The molecule has 5 nitrogen and oxygen atoms in total. The van der Waals surface area contributed by atoms with Crippen molar-refractivity contribution in [2.45, 2.75) is 20.0 Å². The van der Waals surface area contributed by atoms with Crippen molar-refractivity contribution in [3.05, 3.63) is 162 Å². The van der Waals surface area contributed by atoms with Gasteiger partial charge in [-0.1, -0.05) is 66.2 Å². The predicted octanol–water partition coefficient (Wildman–Crippen LogP) is 9.53. The van der Waals surface area contributed by atoms with E-state index in [1.807, 2.05) is 12.1 Å². The first kappa shape index (κ1) is 29.7. The number of aryl methyl sites for hydroxylation is 1. The summed E-state index contributed by atoms with van der Waals surface area (Å²) in [7, 11) is 1.68. The fourth-order valence-corrected chi connectivity index (χ4v) is 5.49. The molecule has 6 aromatic rings. The number of rotatable bonds is 10. The number of nitrogens with two attached hydrogens (primary N) is 2. The Labute approximate surface area is 265 Å². The fraction of sp³-hybridized carbons (Fsp3) is 0.100. The molecule has 0 saturated heterocycles. The summed E-state index contributed by atoms with van der Waals surface area (Å²) in [6.45, 7) is 3.15. The van der Waals surface area contributed by atoms with E-state index in [2.05, 4.69) is 150 Å². The Balaban J connectivity index is 1.31. The van der Waals surface area contributed by atoms with Crippen LogP contribution in [0.15, 0.2) is 146 Å². The SMILES string of the molecule is COc1ccc(N(c2ccc(CN)cc2)c2ccc(-c3ccc(N(c4ccc(C)cc4)c4ccc(CN)cc4)cc3)cc2)cc1. The van der Waals surface area contributed by atoms with Gasteiger partial charge in [-0.05, 0) is 114 Å². The normalized spacial score (nSPS) is 10.8. The number of hydrogen-bond donors (Lipinski definition) is 2. The number of benzene rings is 6. The van der Waals surface area contributed by atoms with Crippen LogP contribution >= 0.6 is 0 Å². The molecule has 0 saturated carbocycles. The van der Waals surface area contributed by atoms with E-state index in [1.165, 1.54) is 5.56 Å². The zero-order chi connectivity index (χ0) is 31.2.